The van der Waals surface area contributed by atoms with Crippen molar-refractivity contribution in [1.29, 1.82) is 0 Å². The third-order valence-electron chi connectivity index (χ3n) is 2.49. The number of hydrogen-bond acceptors (Lipinski definition) is 3. The molecular formula is C13H22N2O. The smallest absolute Gasteiger partial charge is 0.0636 e. The molecule has 0 aliphatic carbocycles. The van der Waals surface area contributed by atoms with E-state index in [9.17, 15) is 0 Å². The maximum absolute atomic E-state index is 5.54. The first-order chi connectivity index (χ1) is 7.72. The fraction of sp³-hybridized carbons (Fsp3) is 0.538. The normalized spacial score (nSPS) is 13.0. The number of benzene rings is 1. The summed E-state index contributed by atoms with van der Waals surface area (Å²) >= 11 is 0. The molecule has 0 saturated carbocycles. The monoisotopic (exact) mass is 222 g/mol. The number of hydrogen-bond donors (Lipinski definition) is 2. The van der Waals surface area contributed by atoms with Gasteiger partial charge in [-0.05, 0) is 32.3 Å². The van der Waals surface area contributed by atoms with Crippen LogP contribution in [-0.4, -0.2) is 18.8 Å². The Morgan fingerprint density at radius 2 is 1.94 bits per heavy atom. The molecule has 3 N–H and O–H groups in total. The van der Waals surface area contributed by atoms with Gasteiger partial charge in [-0.25, -0.2) is 0 Å². The van der Waals surface area contributed by atoms with Gasteiger partial charge in [-0.15, -0.1) is 0 Å². The van der Waals surface area contributed by atoms with Crippen LogP contribution in [-0.2, 0) is 11.2 Å². The fourth-order valence-electron chi connectivity index (χ4n) is 1.51. The van der Waals surface area contributed by atoms with E-state index < -0.39 is 0 Å². The summed E-state index contributed by atoms with van der Waals surface area (Å²) in [4.78, 5) is 0. The predicted molar refractivity (Wildman–Crippen MR) is 67.0 cm³/mol. The SMILES string of the molecule is CC(C)OCC(CCc1ccccc1)NN. The number of ether oxygens (including phenoxy) is 1. The van der Waals surface area contributed by atoms with Gasteiger partial charge in [0.15, 0.2) is 0 Å². The minimum Gasteiger partial charge on any atom is -0.377 e. The van der Waals surface area contributed by atoms with Crippen LogP contribution < -0.4 is 11.3 Å². The maximum atomic E-state index is 5.54. The van der Waals surface area contributed by atoms with Crippen molar-refractivity contribution < 1.29 is 4.74 Å². The lowest BCUT2D eigenvalue weighted by Gasteiger charge is -2.17. The average molecular weight is 222 g/mol. The van der Waals surface area contributed by atoms with E-state index in [4.69, 9.17) is 10.6 Å². The Labute approximate surface area is 98.0 Å². The molecule has 1 unspecified atom stereocenters. The Balaban J connectivity index is 2.28. The van der Waals surface area contributed by atoms with Crippen molar-refractivity contribution in [1.82, 2.24) is 5.43 Å². The maximum Gasteiger partial charge on any atom is 0.0636 e. The van der Waals surface area contributed by atoms with Gasteiger partial charge in [0.1, 0.15) is 0 Å². The first kappa shape index (κ1) is 13.2. The van der Waals surface area contributed by atoms with Crippen molar-refractivity contribution in [2.24, 2.45) is 5.84 Å². The molecule has 0 radical (unpaired) electrons. The molecule has 1 aromatic carbocycles. The minimum absolute atomic E-state index is 0.225. The summed E-state index contributed by atoms with van der Waals surface area (Å²) in [6.07, 6.45) is 2.28. The van der Waals surface area contributed by atoms with E-state index in [-0.39, 0.29) is 12.1 Å². The summed E-state index contributed by atoms with van der Waals surface area (Å²) in [6.45, 7) is 4.73. The predicted octanol–water partition coefficient (Wildman–Crippen LogP) is 1.88. The van der Waals surface area contributed by atoms with E-state index in [0.29, 0.717) is 6.61 Å². The number of aryl methyl sites for hydroxylation is 1. The van der Waals surface area contributed by atoms with Gasteiger partial charge >= 0.3 is 0 Å². The van der Waals surface area contributed by atoms with Gasteiger partial charge in [0, 0.05) is 6.04 Å². The molecule has 0 heterocycles. The van der Waals surface area contributed by atoms with Crippen LogP contribution in [0.15, 0.2) is 30.3 Å². The molecule has 3 nitrogen and oxygen atoms in total. The Morgan fingerprint density at radius 1 is 1.25 bits per heavy atom. The van der Waals surface area contributed by atoms with Crippen molar-refractivity contribution in [3.63, 3.8) is 0 Å². The van der Waals surface area contributed by atoms with E-state index in [1.54, 1.807) is 0 Å². The molecule has 0 saturated heterocycles. The summed E-state index contributed by atoms with van der Waals surface area (Å²) in [5, 5.41) is 0. The standard InChI is InChI=1S/C13H22N2O/c1-11(2)16-10-13(15-14)9-8-12-6-4-3-5-7-12/h3-7,11,13,15H,8-10,14H2,1-2H3. The molecule has 1 rings (SSSR count). The number of nitrogens with one attached hydrogen (secondary N) is 1. The second-order valence-electron chi connectivity index (χ2n) is 4.27. The van der Waals surface area contributed by atoms with E-state index in [2.05, 4.69) is 29.7 Å². The zero-order valence-electron chi connectivity index (χ0n) is 10.1. The van der Waals surface area contributed by atoms with Crippen LogP contribution in [0.4, 0.5) is 0 Å². The number of hydrazine groups is 1. The molecule has 1 atom stereocenters. The second-order valence-corrected chi connectivity index (χ2v) is 4.27. The van der Waals surface area contributed by atoms with Crippen molar-refractivity contribution >= 4 is 0 Å². The Hall–Kier alpha value is -0.900. The number of nitrogens with two attached hydrogens (primary N) is 1. The van der Waals surface area contributed by atoms with Crippen LogP contribution >= 0.6 is 0 Å². The van der Waals surface area contributed by atoms with Crippen LogP contribution in [0, 0.1) is 0 Å². The Kier molecular flexibility index (Phi) is 6.08. The summed E-state index contributed by atoms with van der Waals surface area (Å²) < 4.78 is 5.54. The van der Waals surface area contributed by atoms with Crippen molar-refractivity contribution in [2.75, 3.05) is 6.61 Å². The molecule has 0 bridgehead atoms. The lowest BCUT2D eigenvalue weighted by Crippen LogP contribution is -2.39. The highest BCUT2D eigenvalue weighted by Gasteiger charge is 2.07. The Bertz CT molecular complexity index is 275. The lowest BCUT2D eigenvalue weighted by molar-refractivity contribution is 0.0596. The van der Waals surface area contributed by atoms with Crippen molar-refractivity contribution in [3.8, 4) is 0 Å². The van der Waals surface area contributed by atoms with Crippen molar-refractivity contribution in [3.05, 3.63) is 35.9 Å². The zero-order valence-corrected chi connectivity index (χ0v) is 10.1. The van der Waals surface area contributed by atoms with Gasteiger partial charge in [-0.2, -0.15) is 0 Å². The summed E-state index contributed by atoms with van der Waals surface area (Å²) in [5.74, 6) is 5.49. The van der Waals surface area contributed by atoms with Crippen LogP contribution in [0.5, 0.6) is 0 Å². The van der Waals surface area contributed by atoms with Crippen LogP contribution in [0.25, 0.3) is 0 Å². The summed E-state index contributed by atoms with van der Waals surface area (Å²) in [7, 11) is 0. The Morgan fingerprint density at radius 3 is 2.50 bits per heavy atom. The third-order valence-corrected chi connectivity index (χ3v) is 2.49. The van der Waals surface area contributed by atoms with Crippen LogP contribution in [0.1, 0.15) is 25.8 Å². The van der Waals surface area contributed by atoms with E-state index in [1.807, 2.05) is 19.9 Å². The molecule has 0 amide bonds. The fourth-order valence-corrected chi connectivity index (χ4v) is 1.51. The molecule has 0 fully saturated rings. The molecule has 3 heteroatoms. The van der Waals surface area contributed by atoms with Gasteiger partial charge in [0.2, 0.25) is 0 Å². The topological polar surface area (TPSA) is 47.3 Å². The summed E-state index contributed by atoms with van der Waals surface area (Å²) in [5.41, 5.74) is 4.14. The van der Waals surface area contributed by atoms with Crippen LogP contribution in [0.3, 0.4) is 0 Å². The molecule has 0 spiro atoms. The van der Waals surface area contributed by atoms with E-state index in [0.717, 1.165) is 12.8 Å². The largest absolute Gasteiger partial charge is 0.377 e. The summed E-state index contributed by atoms with van der Waals surface area (Å²) in [6, 6.07) is 10.6. The van der Waals surface area contributed by atoms with Gasteiger partial charge < -0.3 is 4.74 Å². The molecule has 1 aromatic rings. The molecule has 0 aliphatic heterocycles. The van der Waals surface area contributed by atoms with Gasteiger partial charge in [0.05, 0.1) is 12.7 Å². The van der Waals surface area contributed by atoms with E-state index >= 15 is 0 Å². The molecular weight excluding hydrogens is 200 g/mol. The minimum atomic E-state index is 0.225. The third kappa shape index (κ3) is 5.26. The lowest BCUT2D eigenvalue weighted by atomic mass is 10.1. The molecule has 90 valence electrons. The first-order valence-electron chi connectivity index (χ1n) is 5.84. The van der Waals surface area contributed by atoms with E-state index in [1.165, 1.54) is 5.56 Å². The van der Waals surface area contributed by atoms with Crippen LogP contribution in [0.2, 0.25) is 0 Å². The van der Waals surface area contributed by atoms with Gasteiger partial charge in [-0.3, -0.25) is 11.3 Å². The van der Waals surface area contributed by atoms with Gasteiger partial charge in [0.25, 0.3) is 0 Å². The molecule has 0 aromatic heterocycles. The van der Waals surface area contributed by atoms with Crippen molar-refractivity contribution in [2.45, 2.75) is 38.8 Å². The average Bonchev–Trinajstić information content (AvgIpc) is 2.30. The second kappa shape index (κ2) is 7.39. The highest BCUT2D eigenvalue weighted by Crippen LogP contribution is 2.05. The first-order valence-corrected chi connectivity index (χ1v) is 5.84. The highest BCUT2D eigenvalue weighted by atomic mass is 16.5. The number of rotatable bonds is 7. The van der Waals surface area contributed by atoms with Gasteiger partial charge in [-0.1, -0.05) is 30.3 Å². The molecule has 0 aliphatic rings. The highest BCUT2D eigenvalue weighted by molar-refractivity contribution is 5.14. The molecule has 16 heavy (non-hydrogen) atoms. The quantitative estimate of drug-likeness (QED) is 0.547. The zero-order chi connectivity index (χ0) is 11.8.